The van der Waals surface area contributed by atoms with Crippen molar-refractivity contribution in [1.82, 2.24) is 4.90 Å². The zero-order valence-corrected chi connectivity index (χ0v) is 13.6. The van der Waals surface area contributed by atoms with Gasteiger partial charge in [0.2, 0.25) is 0 Å². The highest BCUT2D eigenvalue weighted by Crippen LogP contribution is 2.23. The van der Waals surface area contributed by atoms with Gasteiger partial charge in [-0.3, -0.25) is 4.79 Å². The Morgan fingerprint density at radius 2 is 2.21 bits per heavy atom. The summed E-state index contributed by atoms with van der Waals surface area (Å²) in [7, 11) is 0. The third-order valence-corrected chi connectivity index (χ3v) is 4.53. The van der Waals surface area contributed by atoms with Crippen molar-refractivity contribution in [3.63, 3.8) is 0 Å². The Kier molecular flexibility index (Phi) is 5.83. The van der Waals surface area contributed by atoms with Crippen LogP contribution in [0.25, 0.3) is 0 Å². The topological polar surface area (TPSA) is 46.3 Å². The number of amides is 1. The first-order chi connectivity index (χ1) is 8.49. The van der Waals surface area contributed by atoms with Gasteiger partial charge in [-0.25, -0.2) is 0 Å². The molecule has 2 unspecified atom stereocenters. The van der Waals surface area contributed by atoms with E-state index in [2.05, 4.69) is 15.9 Å². The molecule has 0 saturated carbocycles. The Hall–Kier alpha value is -0.580. The first kappa shape index (κ1) is 16.5. The van der Waals surface area contributed by atoms with Gasteiger partial charge in [0.15, 0.2) is 0 Å². The summed E-state index contributed by atoms with van der Waals surface area (Å²) in [5, 5.41) is 0. The molecule has 2 rings (SSSR count). The Morgan fingerprint density at radius 1 is 1.53 bits per heavy atom. The number of nitrogens with zero attached hydrogens (tertiary/aromatic N) is 1. The summed E-state index contributed by atoms with van der Waals surface area (Å²) >= 11 is 3.47. The van der Waals surface area contributed by atoms with Crippen LogP contribution in [0.4, 0.5) is 0 Å². The quantitative estimate of drug-likeness (QED) is 0.894. The SMILES string of the molecule is Cc1ccc(C(=O)N2CCC(C(C)N)C2)cc1Br.Cl. The maximum atomic E-state index is 12.3. The third-order valence-electron chi connectivity index (χ3n) is 3.67. The molecule has 1 aromatic rings. The van der Waals surface area contributed by atoms with E-state index in [4.69, 9.17) is 5.73 Å². The summed E-state index contributed by atoms with van der Waals surface area (Å²) in [6.07, 6.45) is 1.01. The second kappa shape index (κ2) is 6.73. The fourth-order valence-corrected chi connectivity index (χ4v) is 2.69. The molecule has 2 atom stereocenters. The number of nitrogens with two attached hydrogens (primary N) is 1. The number of likely N-dealkylation sites (tertiary alicyclic amines) is 1. The van der Waals surface area contributed by atoms with E-state index < -0.39 is 0 Å². The zero-order valence-electron chi connectivity index (χ0n) is 11.2. The van der Waals surface area contributed by atoms with E-state index in [1.807, 2.05) is 36.9 Å². The van der Waals surface area contributed by atoms with Crippen LogP contribution >= 0.6 is 28.3 Å². The van der Waals surface area contributed by atoms with Crippen LogP contribution in [0.5, 0.6) is 0 Å². The lowest BCUT2D eigenvalue weighted by atomic mass is 10.0. The summed E-state index contributed by atoms with van der Waals surface area (Å²) in [5.41, 5.74) is 7.79. The van der Waals surface area contributed by atoms with Crippen LogP contribution < -0.4 is 5.73 Å². The van der Waals surface area contributed by atoms with Gasteiger partial charge in [-0.05, 0) is 43.9 Å². The predicted molar refractivity (Wildman–Crippen MR) is 83.8 cm³/mol. The lowest BCUT2D eigenvalue weighted by molar-refractivity contribution is 0.0786. The van der Waals surface area contributed by atoms with E-state index in [-0.39, 0.29) is 24.4 Å². The minimum absolute atomic E-state index is 0. The normalized spacial score (nSPS) is 20.0. The number of carbonyl (C=O) groups excluding carboxylic acids is 1. The van der Waals surface area contributed by atoms with E-state index in [0.717, 1.165) is 35.1 Å². The first-order valence-corrected chi connectivity index (χ1v) is 7.09. The van der Waals surface area contributed by atoms with Crippen LogP contribution in [0.1, 0.15) is 29.3 Å². The number of aryl methyl sites for hydroxylation is 1. The molecule has 0 aromatic heterocycles. The first-order valence-electron chi connectivity index (χ1n) is 6.30. The van der Waals surface area contributed by atoms with Crippen molar-refractivity contribution in [1.29, 1.82) is 0 Å². The number of rotatable bonds is 2. The highest BCUT2D eigenvalue weighted by Gasteiger charge is 2.28. The summed E-state index contributed by atoms with van der Waals surface area (Å²) in [5.74, 6) is 0.543. The molecule has 3 nitrogen and oxygen atoms in total. The average Bonchev–Trinajstić information content (AvgIpc) is 2.81. The standard InChI is InChI=1S/C14H19BrN2O.ClH/c1-9-3-4-11(7-13(9)15)14(18)17-6-5-12(8-17)10(2)16;/h3-4,7,10,12H,5-6,8,16H2,1-2H3;1H. The van der Waals surface area contributed by atoms with Crippen LogP contribution in [0.2, 0.25) is 0 Å². The lowest BCUT2D eigenvalue weighted by Gasteiger charge is -2.18. The fourth-order valence-electron chi connectivity index (χ4n) is 2.31. The van der Waals surface area contributed by atoms with Gasteiger partial charge in [0, 0.05) is 29.2 Å². The van der Waals surface area contributed by atoms with E-state index in [0.29, 0.717) is 5.92 Å². The molecule has 1 aliphatic rings. The second-order valence-electron chi connectivity index (χ2n) is 5.12. The minimum atomic E-state index is 0. The summed E-state index contributed by atoms with van der Waals surface area (Å²) in [6.45, 7) is 5.62. The van der Waals surface area contributed by atoms with Crippen molar-refractivity contribution in [2.75, 3.05) is 13.1 Å². The Balaban J connectivity index is 0.00000180. The van der Waals surface area contributed by atoms with E-state index in [1.165, 1.54) is 0 Å². The molecule has 106 valence electrons. The van der Waals surface area contributed by atoms with Gasteiger partial charge in [-0.1, -0.05) is 22.0 Å². The molecule has 1 heterocycles. The number of hydrogen-bond donors (Lipinski definition) is 1. The molecule has 1 fully saturated rings. The van der Waals surface area contributed by atoms with Crippen molar-refractivity contribution in [3.8, 4) is 0 Å². The maximum Gasteiger partial charge on any atom is 0.253 e. The number of hydrogen-bond acceptors (Lipinski definition) is 2. The Labute approximate surface area is 129 Å². The molecule has 0 radical (unpaired) electrons. The van der Waals surface area contributed by atoms with Gasteiger partial charge in [-0.15, -0.1) is 12.4 Å². The van der Waals surface area contributed by atoms with Gasteiger partial charge < -0.3 is 10.6 Å². The molecule has 1 aliphatic heterocycles. The maximum absolute atomic E-state index is 12.3. The molecule has 1 aromatic carbocycles. The third kappa shape index (κ3) is 3.71. The monoisotopic (exact) mass is 346 g/mol. The van der Waals surface area contributed by atoms with Crippen LogP contribution in [0, 0.1) is 12.8 Å². The molecule has 5 heteroatoms. The molecule has 0 aliphatic carbocycles. The molecule has 0 bridgehead atoms. The van der Waals surface area contributed by atoms with Gasteiger partial charge in [-0.2, -0.15) is 0 Å². The second-order valence-corrected chi connectivity index (χ2v) is 5.98. The van der Waals surface area contributed by atoms with Crippen LogP contribution in [-0.4, -0.2) is 29.9 Å². The summed E-state index contributed by atoms with van der Waals surface area (Å²) < 4.78 is 0.983. The van der Waals surface area contributed by atoms with E-state index in [1.54, 1.807) is 0 Å². The van der Waals surface area contributed by atoms with Crippen molar-refractivity contribution in [3.05, 3.63) is 33.8 Å². The predicted octanol–water partition coefficient (Wildman–Crippen LogP) is 2.99. The van der Waals surface area contributed by atoms with Crippen LogP contribution in [0.15, 0.2) is 22.7 Å². The van der Waals surface area contributed by atoms with Crippen molar-refractivity contribution in [2.45, 2.75) is 26.3 Å². The van der Waals surface area contributed by atoms with Crippen molar-refractivity contribution in [2.24, 2.45) is 11.7 Å². The molecule has 19 heavy (non-hydrogen) atoms. The van der Waals surface area contributed by atoms with Gasteiger partial charge in [0.1, 0.15) is 0 Å². The fraction of sp³-hybridized carbons (Fsp3) is 0.500. The molecule has 2 N–H and O–H groups in total. The lowest BCUT2D eigenvalue weighted by Crippen LogP contribution is -2.33. The number of benzene rings is 1. The average molecular weight is 348 g/mol. The van der Waals surface area contributed by atoms with Gasteiger partial charge in [0.05, 0.1) is 0 Å². The largest absolute Gasteiger partial charge is 0.338 e. The van der Waals surface area contributed by atoms with Crippen molar-refractivity contribution >= 4 is 34.2 Å². The number of halogens is 2. The Bertz CT molecular complexity index is 465. The highest BCUT2D eigenvalue weighted by molar-refractivity contribution is 9.10. The van der Waals surface area contributed by atoms with Gasteiger partial charge >= 0.3 is 0 Å². The molecule has 0 spiro atoms. The van der Waals surface area contributed by atoms with Crippen molar-refractivity contribution < 1.29 is 4.79 Å². The van der Waals surface area contributed by atoms with E-state index >= 15 is 0 Å². The summed E-state index contributed by atoms with van der Waals surface area (Å²) in [6, 6.07) is 5.92. The smallest absolute Gasteiger partial charge is 0.253 e. The van der Waals surface area contributed by atoms with Gasteiger partial charge in [0.25, 0.3) is 5.91 Å². The molecule has 1 amide bonds. The molecule has 1 saturated heterocycles. The number of carbonyl (C=O) groups is 1. The summed E-state index contributed by atoms with van der Waals surface area (Å²) in [4.78, 5) is 14.3. The Morgan fingerprint density at radius 3 is 2.74 bits per heavy atom. The van der Waals surface area contributed by atoms with Crippen LogP contribution in [0.3, 0.4) is 0 Å². The molecular formula is C14H20BrClN2O. The van der Waals surface area contributed by atoms with Crippen LogP contribution in [-0.2, 0) is 0 Å². The highest BCUT2D eigenvalue weighted by atomic mass is 79.9. The molecular weight excluding hydrogens is 328 g/mol. The zero-order chi connectivity index (χ0) is 13.3. The van der Waals surface area contributed by atoms with E-state index in [9.17, 15) is 4.79 Å². The minimum Gasteiger partial charge on any atom is -0.338 e.